The van der Waals surface area contributed by atoms with Crippen molar-refractivity contribution in [3.63, 3.8) is 0 Å². The first-order valence-corrected chi connectivity index (χ1v) is 7.00. The van der Waals surface area contributed by atoms with Gasteiger partial charge in [-0.3, -0.25) is 0 Å². The van der Waals surface area contributed by atoms with Gasteiger partial charge in [-0.2, -0.15) is 0 Å². The highest BCUT2D eigenvalue weighted by Crippen LogP contribution is 2.15. The Bertz CT molecular complexity index is 287. The fourth-order valence-corrected chi connectivity index (χ4v) is 3.34. The van der Waals surface area contributed by atoms with E-state index in [0.29, 0.717) is 19.5 Å². The number of rotatable bonds is 4. The van der Waals surface area contributed by atoms with Crippen molar-refractivity contribution >= 4 is 10.0 Å². The van der Waals surface area contributed by atoms with E-state index in [9.17, 15) is 8.42 Å². The second-order valence-corrected chi connectivity index (χ2v) is 6.91. The molecule has 0 saturated carbocycles. The van der Waals surface area contributed by atoms with E-state index in [1.54, 1.807) is 4.31 Å². The molecule has 0 aromatic carbocycles. The van der Waals surface area contributed by atoms with Crippen LogP contribution in [-0.2, 0) is 10.0 Å². The Morgan fingerprint density at radius 1 is 1.33 bits per heavy atom. The van der Waals surface area contributed by atoms with Crippen LogP contribution in [0.15, 0.2) is 0 Å². The zero-order chi connectivity index (χ0) is 11.5. The second-order valence-electron chi connectivity index (χ2n) is 4.82. The summed E-state index contributed by atoms with van der Waals surface area (Å²) in [5.41, 5.74) is 5.38. The first-order chi connectivity index (χ1) is 6.81. The van der Waals surface area contributed by atoms with Gasteiger partial charge in [0, 0.05) is 18.6 Å². The summed E-state index contributed by atoms with van der Waals surface area (Å²) in [6.07, 6.45) is 4.38. The van der Waals surface area contributed by atoms with Gasteiger partial charge in [-0.25, -0.2) is 12.7 Å². The minimum Gasteiger partial charge on any atom is -0.326 e. The molecular weight excluding hydrogens is 212 g/mol. The lowest BCUT2D eigenvalue weighted by atomic mass is 10.0. The summed E-state index contributed by atoms with van der Waals surface area (Å²) in [6, 6.07) is 0. The molecular formula is C10H21N2O2S. The van der Waals surface area contributed by atoms with Crippen LogP contribution in [-0.4, -0.2) is 37.1 Å². The number of hydrogen-bond acceptors (Lipinski definition) is 3. The van der Waals surface area contributed by atoms with Crippen molar-refractivity contribution in [2.75, 3.05) is 18.8 Å². The maximum absolute atomic E-state index is 11.9. The van der Waals surface area contributed by atoms with E-state index >= 15 is 0 Å². The topological polar surface area (TPSA) is 63.4 Å². The third-order valence-electron chi connectivity index (χ3n) is 2.56. The Hall–Kier alpha value is -0.130. The van der Waals surface area contributed by atoms with Crippen LogP contribution in [0.2, 0.25) is 0 Å². The molecule has 1 aliphatic rings. The Kier molecular flexibility index (Phi) is 4.14. The van der Waals surface area contributed by atoms with Crippen molar-refractivity contribution < 1.29 is 8.42 Å². The molecule has 0 aromatic rings. The maximum atomic E-state index is 11.9. The molecule has 89 valence electrons. The van der Waals surface area contributed by atoms with Gasteiger partial charge < -0.3 is 5.73 Å². The van der Waals surface area contributed by atoms with Crippen molar-refractivity contribution in [1.82, 2.24) is 4.31 Å². The summed E-state index contributed by atoms with van der Waals surface area (Å²) in [5.74, 6) is 0.163. The molecule has 0 aliphatic carbocycles. The summed E-state index contributed by atoms with van der Waals surface area (Å²) in [7, 11) is -3.08. The van der Waals surface area contributed by atoms with Crippen molar-refractivity contribution in [1.29, 1.82) is 0 Å². The molecule has 4 nitrogen and oxygen atoms in total. The van der Waals surface area contributed by atoms with Gasteiger partial charge in [-0.15, -0.1) is 0 Å². The molecule has 5 heteroatoms. The minimum absolute atomic E-state index is 0.163. The summed E-state index contributed by atoms with van der Waals surface area (Å²) in [6.45, 7) is 4.97. The number of sulfonamides is 1. The monoisotopic (exact) mass is 233 g/mol. The normalized spacial score (nSPS) is 20.5. The Balaban J connectivity index is 2.51. The molecule has 0 unspecified atom stereocenters. The zero-order valence-corrected chi connectivity index (χ0v) is 10.4. The van der Waals surface area contributed by atoms with E-state index in [1.165, 1.54) is 0 Å². The summed E-state index contributed by atoms with van der Waals surface area (Å²) in [5, 5.41) is 0. The van der Waals surface area contributed by atoms with Crippen LogP contribution in [0.5, 0.6) is 0 Å². The van der Waals surface area contributed by atoms with E-state index in [0.717, 1.165) is 12.8 Å². The van der Waals surface area contributed by atoms with Crippen molar-refractivity contribution in [3.8, 4) is 0 Å². The van der Waals surface area contributed by atoms with Crippen LogP contribution < -0.4 is 5.73 Å². The Labute approximate surface area is 92.9 Å². The molecule has 0 atom stereocenters. The van der Waals surface area contributed by atoms with Gasteiger partial charge in [0.1, 0.15) is 0 Å². The second kappa shape index (κ2) is 4.80. The van der Waals surface area contributed by atoms with E-state index in [2.05, 4.69) is 6.42 Å². The van der Waals surface area contributed by atoms with Crippen molar-refractivity contribution in [2.45, 2.75) is 38.6 Å². The van der Waals surface area contributed by atoms with Gasteiger partial charge in [0.05, 0.1) is 5.75 Å². The number of piperidine rings is 1. The quantitative estimate of drug-likeness (QED) is 0.779. The lowest BCUT2D eigenvalue weighted by Gasteiger charge is -2.27. The molecule has 15 heavy (non-hydrogen) atoms. The Morgan fingerprint density at radius 2 is 1.87 bits per heavy atom. The Morgan fingerprint density at radius 3 is 2.33 bits per heavy atom. The molecule has 2 N–H and O–H groups in total. The fraction of sp³-hybridized carbons (Fsp3) is 0.900. The van der Waals surface area contributed by atoms with Crippen molar-refractivity contribution in [3.05, 3.63) is 6.42 Å². The van der Waals surface area contributed by atoms with E-state index in [-0.39, 0.29) is 5.75 Å². The average molecular weight is 233 g/mol. The van der Waals surface area contributed by atoms with Crippen LogP contribution in [0.25, 0.3) is 0 Å². The van der Waals surface area contributed by atoms with Gasteiger partial charge in [-0.05, 0) is 39.5 Å². The number of nitrogens with two attached hydrogens (primary N) is 1. The number of hydrogen-bond donors (Lipinski definition) is 1. The van der Waals surface area contributed by atoms with Gasteiger partial charge in [0.2, 0.25) is 10.0 Å². The van der Waals surface area contributed by atoms with Gasteiger partial charge in [0.25, 0.3) is 0 Å². The molecule has 0 amide bonds. The fourth-order valence-electron chi connectivity index (χ4n) is 1.53. The van der Waals surface area contributed by atoms with Crippen LogP contribution >= 0.6 is 0 Å². The first-order valence-electron chi connectivity index (χ1n) is 5.40. The molecule has 1 saturated heterocycles. The molecule has 1 rings (SSSR count). The molecule has 1 aliphatic heterocycles. The predicted molar refractivity (Wildman–Crippen MR) is 61.8 cm³/mol. The standard InChI is InChI=1S/C10H21N2O2S/c1-10(2,11)6-9-15(13,14)12-7-4-3-5-8-12/h3H,4-9,11H2,1-2H3. The van der Waals surface area contributed by atoms with Crippen molar-refractivity contribution in [2.24, 2.45) is 5.73 Å². The summed E-state index contributed by atoms with van der Waals surface area (Å²) >= 11 is 0. The van der Waals surface area contributed by atoms with Gasteiger partial charge in [0.15, 0.2) is 0 Å². The number of nitrogens with zero attached hydrogens (tertiary/aromatic N) is 1. The smallest absolute Gasteiger partial charge is 0.214 e. The van der Waals surface area contributed by atoms with Crippen LogP contribution in [0.3, 0.4) is 0 Å². The third kappa shape index (κ3) is 4.49. The van der Waals surface area contributed by atoms with E-state index in [4.69, 9.17) is 5.73 Å². The van der Waals surface area contributed by atoms with Crippen LogP contribution in [0.1, 0.15) is 33.1 Å². The van der Waals surface area contributed by atoms with Gasteiger partial charge >= 0.3 is 0 Å². The zero-order valence-electron chi connectivity index (χ0n) is 9.57. The molecule has 1 fully saturated rings. The summed E-state index contributed by atoms with van der Waals surface area (Å²) < 4.78 is 25.4. The van der Waals surface area contributed by atoms with Crippen LogP contribution in [0.4, 0.5) is 0 Å². The predicted octanol–water partition coefficient (Wildman–Crippen LogP) is 0.744. The summed E-state index contributed by atoms with van der Waals surface area (Å²) in [4.78, 5) is 0. The molecule has 1 heterocycles. The average Bonchev–Trinajstić information content (AvgIpc) is 2.16. The SMILES string of the molecule is CC(C)(N)CCS(=O)(=O)N1CC[CH]CC1. The van der Waals surface area contributed by atoms with Gasteiger partial charge in [-0.1, -0.05) is 0 Å². The largest absolute Gasteiger partial charge is 0.326 e. The van der Waals surface area contributed by atoms with Crippen LogP contribution in [0, 0.1) is 6.42 Å². The highest BCUT2D eigenvalue weighted by molar-refractivity contribution is 7.89. The van der Waals surface area contributed by atoms with E-state index in [1.807, 2.05) is 13.8 Å². The molecule has 0 spiro atoms. The third-order valence-corrected chi connectivity index (χ3v) is 4.43. The lowest BCUT2D eigenvalue weighted by molar-refractivity contribution is 0.379. The van der Waals surface area contributed by atoms with E-state index < -0.39 is 15.6 Å². The highest BCUT2D eigenvalue weighted by Gasteiger charge is 2.25. The molecule has 1 radical (unpaired) electrons. The minimum atomic E-state index is -3.08. The first kappa shape index (κ1) is 12.9. The molecule has 0 bridgehead atoms. The lowest BCUT2D eigenvalue weighted by Crippen LogP contribution is -2.41. The maximum Gasteiger partial charge on any atom is 0.214 e. The molecule has 0 aromatic heterocycles. The highest BCUT2D eigenvalue weighted by atomic mass is 32.2.